The van der Waals surface area contributed by atoms with Gasteiger partial charge >= 0.3 is 5.97 Å². The molecule has 0 bridgehead atoms. The second-order valence-corrected chi connectivity index (χ2v) is 4.78. The van der Waals surface area contributed by atoms with Gasteiger partial charge in [-0.15, -0.1) is 0 Å². The van der Waals surface area contributed by atoms with E-state index in [4.69, 9.17) is 4.74 Å². The Bertz CT molecular complexity index is 536. The number of piperidine rings is 1. The Kier molecular flexibility index (Phi) is 4.27. The number of hydrogen-bond acceptors (Lipinski definition) is 3. The van der Waals surface area contributed by atoms with Gasteiger partial charge in [-0.25, -0.2) is 22.4 Å². The third-order valence-corrected chi connectivity index (χ3v) is 3.18. The monoisotopic (exact) mass is 291 g/mol. The summed E-state index contributed by atoms with van der Waals surface area (Å²) in [5, 5.41) is 0. The van der Waals surface area contributed by atoms with Crippen molar-refractivity contribution in [3.8, 4) is 0 Å². The Morgan fingerprint density at radius 3 is 2.60 bits per heavy atom. The molecule has 1 atom stereocenters. The lowest BCUT2D eigenvalue weighted by atomic mass is 10.1. The first-order valence-electron chi connectivity index (χ1n) is 6.12. The number of halogens is 4. The van der Waals surface area contributed by atoms with Crippen LogP contribution in [0.25, 0.3) is 0 Å². The van der Waals surface area contributed by atoms with Gasteiger partial charge in [0.25, 0.3) is 0 Å². The normalized spacial score (nSPS) is 19.9. The van der Waals surface area contributed by atoms with E-state index in [0.29, 0.717) is 19.0 Å². The summed E-state index contributed by atoms with van der Waals surface area (Å²) < 4.78 is 57.3. The average molecular weight is 291 g/mol. The Balaban J connectivity index is 2.17. The quantitative estimate of drug-likeness (QED) is 0.363. The highest BCUT2D eigenvalue weighted by atomic mass is 19.2. The second kappa shape index (κ2) is 5.78. The van der Waals surface area contributed by atoms with Crippen LogP contribution in [0, 0.1) is 23.3 Å². The molecule has 0 amide bonds. The van der Waals surface area contributed by atoms with Gasteiger partial charge in [0.1, 0.15) is 11.7 Å². The number of carbonyl (C=O) groups excluding carboxylic acids is 1. The van der Waals surface area contributed by atoms with Crippen molar-refractivity contribution in [3.05, 3.63) is 34.9 Å². The molecule has 0 spiro atoms. The number of likely N-dealkylation sites (tertiary alicyclic amines) is 1. The van der Waals surface area contributed by atoms with E-state index in [1.54, 1.807) is 0 Å². The first-order chi connectivity index (χ1) is 9.40. The Hall–Kier alpha value is -1.63. The molecule has 0 aliphatic carbocycles. The van der Waals surface area contributed by atoms with E-state index in [1.807, 2.05) is 11.9 Å². The number of benzene rings is 1. The Labute approximate surface area is 113 Å². The van der Waals surface area contributed by atoms with Crippen molar-refractivity contribution in [1.29, 1.82) is 0 Å². The Morgan fingerprint density at radius 2 is 1.95 bits per heavy atom. The molecule has 0 N–H and O–H groups in total. The van der Waals surface area contributed by atoms with Gasteiger partial charge in [-0.2, -0.15) is 0 Å². The van der Waals surface area contributed by atoms with Crippen molar-refractivity contribution in [1.82, 2.24) is 4.90 Å². The van der Waals surface area contributed by atoms with E-state index < -0.39 is 40.9 Å². The number of rotatable bonds is 2. The van der Waals surface area contributed by atoms with Crippen molar-refractivity contribution >= 4 is 5.97 Å². The maximum Gasteiger partial charge on any atom is 0.341 e. The molecule has 1 aromatic carbocycles. The summed E-state index contributed by atoms with van der Waals surface area (Å²) in [5.74, 6) is -8.52. The van der Waals surface area contributed by atoms with Crippen molar-refractivity contribution in [3.63, 3.8) is 0 Å². The van der Waals surface area contributed by atoms with Crippen LogP contribution in [0.2, 0.25) is 0 Å². The van der Waals surface area contributed by atoms with E-state index in [-0.39, 0.29) is 0 Å². The minimum atomic E-state index is -2.02. The molecular weight excluding hydrogens is 278 g/mol. The molecular formula is C13H13F4NO2. The summed E-state index contributed by atoms with van der Waals surface area (Å²) in [6, 6.07) is 0.308. The number of hydrogen-bond donors (Lipinski definition) is 0. The lowest BCUT2D eigenvalue weighted by Crippen LogP contribution is -2.38. The summed E-state index contributed by atoms with van der Waals surface area (Å²) in [5.41, 5.74) is -0.936. The van der Waals surface area contributed by atoms with E-state index in [2.05, 4.69) is 0 Å². The van der Waals surface area contributed by atoms with Crippen LogP contribution in [0.4, 0.5) is 17.6 Å². The van der Waals surface area contributed by atoms with Crippen molar-refractivity contribution < 1.29 is 27.1 Å². The highest BCUT2D eigenvalue weighted by Gasteiger charge is 2.27. The smallest absolute Gasteiger partial charge is 0.341 e. The first kappa shape index (κ1) is 14.8. The minimum absolute atomic E-state index is 0.308. The molecule has 0 radical (unpaired) electrons. The van der Waals surface area contributed by atoms with Crippen molar-refractivity contribution in [2.75, 3.05) is 20.1 Å². The minimum Gasteiger partial charge on any atom is -0.457 e. The van der Waals surface area contributed by atoms with E-state index in [0.717, 1.165) is 13.0 Å². The third-order valence-electron chi connectivity index (χ3n) is 3.18. The predicted octanol–water partition coefficient (Wildman–Crippen LogP) is 2.49. The van der Waals surface area contributed by atoms with Crippen molar-refractivity contribution in [2.45, 2.75) is 18.9 Å². The molecule has 2 rings (SSSR count). The molecule has 1 saturated heterocycles. The van der Waals surface area contributed by atoms with E-state index >= 15 is 0 Å². The fourth-order valence-corrected chi connectivity index (χ4v) is 2.15. The van der Waals surface area contributed by atoms with E-state index in [9.17, 15) is 22.4 Å². The van der Waals surface area contributed by atoms with Crippen molar-refractivity contribution in [2.24, 2.45) is 0 Å². The molecule has 1 aliphatic rings. The lowest BCUT2D eigenvalue weighted by molar-refractivity contribution is 0.0102. The van der Waals surface area contributed by atoms with Gasteiger partial charge in [-0.3, -0.25) is 0 Å². The molecule has 0 saturated carbocycles. The summed E-state index contributed by atoms with van der Waals surface area (Å²) in [6.45, 7) is 1.31. The SMILES string of the molecule is CN1CCC[C@H](OC(=O)c2cc(F)c(F)c(F)c2F)C1. The van der Waals surface area contributed by atoms with Gasteiger partial charge in [0.2, 0.25) is 0 Å². The molecule has 0 aromatic heterocycles. The lowest BCUT2D eigenvalue weighted by Gasteiger charge is -2.29. The molecule has 1 aromatic rings. The molecule has 1 heterocycles. The van der Waals surface area contributed by atoms with Gasteiger partial charge in [0, 0.05) is 6.54 Å². The van der Waals surface area contributed by atoms with E-state index in [1.165, 1.54) is 0 Å². The molecule has 1 aliphatic heterocycles. The fourth-order valence-electron chi connectivity index (χ4n) is 2.15. The topological polar surface area (TPSA) is 29.5 Å². The van der Waals surface area contributed by atoms with Crippen LogP contribution in [0.5, 0.6) is 0 Å². The summed E-state index contributed by atoms with van der Waals surface area (Å²) in [4.78, 5) is 13.6. The molecule has 110 valence electrons. The number of nitrogens with zero attached hydrogens (tertiary/aromatic N) is 1. The number of ether oxygens (including phenoxy) is 1. The third kappa shape index (κ3) is 2.92. The molecule has 1 fully saturated rings. The summed E-state index contributed by atoms with van der Waals surface area (Å²) in [6.07, 6.45) is 0.907. The maximum absolute atomic E-state index is 13.4. The number of likely N-dealkylation sites (N-methyl/N-ethyl adjacent to an activating group) is 1. The van der Waals surface area contributed by atoms with Crippen LogP contribution in [-0.4, -0.2) is 37.1 Å². The van der Waals surface area contributed by atoms with Crippen LogP contribution in [-0.2, 0) is 4.74 Å². The largest absolute Gasteiger partial charge is 0.457 e. The van der Waals surface area contributed by atoms with Gasteiger partial charge < -0.3 is 9.64 Å². The van der Waals surface area contributed by atoms with Crippen LogP contribution in [0.1, 0.15) is 23.2 Å². The van der Waals surface area contributed by atoms with Gasteiger partial charge in [0.05, 0.1) is 0 Å². The summed E-state index contributed by atoms with van der Waals surface area (Å²) in [7, 11) is 1.83. The summed E-state index contributed by atoms with van der Waals surface area (Å²) >= 11 is 0. The highest BCUT2D eigenvalue weighted by molar-refractivity contribution is 5.89. The number of carbonyl (C=O) groups is 1. The van der Waals surface area contributed by atoms with Gasteiger partial charge in [-0.05, 0) is 32.5 Å². The maximum atomic E-state index is 13.4. The molecule has 0 unspecified atom stereocenters. The second-order valence-electron chi connectivity index (χ2n) is 4.78. The zero-order chi connectivity index (χ0) is 14.9. The van der Waals surface area contributed by atoms with Crippen LogP contribution >= 0.6 is 0 Å². The van der Waals surface area contributed by atoms with Crippen LogP contribution in [0.3, 0.4) is 0 Å². The molecule has 3 nitrogen and oxygen atoms in total. The standard InChI is InChI=1S/C13H13F4NO2/c1-18-4-2-3-7(6-18)20-13(19)8-5-9(14)11(16)12(17)10(8)15/h5,7H,2-4,6H2,1H3/t7-/m0/s1. The fraction of sp³-hybridized carbons (Fsp3) is 0.462. The van der Waals surface area contributed by atoms with Crippen LogP contribution < -0.4 is 0 Å². The highest BCUT2D eigenvalue weighted by Crippen LogP contribution is 2.21. The van der Waals surface area contributed by atoms with Crippen LogP contribution in [0.15, 0.2) is 6.07 Å². The zero-order valence-corrected chi connectivity index (χ0v) is 10.8. The molecule has 7 heteroatoms. The first-order valence-corrected chi connectivity index (χ1v) is 6.12. The Morgan fingerprint density at radius 1 is 1.25 bits per heavy atom. The average Bonchev–Trinajstić information content (AvgIpc) is 2.40. The number of esters is 1. The van der Waals surface area contributed by atoms with Gasteiger partial charge in [0.15, 0.2) is 23.3 Å². The predicted molar refractivity (Wildman–Crippen MR) is 62.2 cm³/mol. The zero-order valence-electron chi connectivity index (χ0n) is 10.8. The van der Waals surface area contributed by atoms with Gasteiger partial charge in [-0.1, -0.05) is 0 Å². The molecule has 20 heavy (non-hydrogen) atoms.